The van der Waals surface area contributed by atoms with Crippen molar-refractivity contribution < 1.29 is 9.21 Å². The highest BCUT2D eigenvalue weighted by atomic mass is 16.3. The molecule has 3 aromatic rings. The van der Waals surface area contributed by atoms with Crippen molar-refractivity contribution in [2.45, 2.75) is 32.2 Å². The smallest absolute Gasteiger partial charge is 0.254 e. The number of furan rings is 1. The number of nitrogens with zero attached hydrogens (tertiary/aromatic N) is 4. The first kappa shape index (κ1) is 19.4. The fourth-order valence-corrected chi connectivity index (χ4v) is 3.85. The van der Waals surface area contributed by atoms with E-state index in [1.165, 1.54) is 18.1 Å². The highest BCUT2D eigenvalue weighted by Crippen LogP contribution is 2.18. The molecule has 0 unspecified atom stereocenters. The number of amides is 1. The number of benzene rings is 1. The first-order chi connectivity index (χ1) is 14.2. The normalized spacial score (nSPS) is 15.5. The maximum atomic E-state index is 12.0. The van der Waals surface area contributed by atoms with Gasteiger partial charge in [-0.3, -0.25) is 4.79 Å². The fraction of sp³-hybridized carbons (Fsp3) is 0.409. The summed E-state index contributed by atoms with van der Waals surface area (Å²) in [7, 11) is 0. The molecular formula is C22H27N5O2. The van der Waals surface area contributed by atoms with Crippen LogP contribution in [0.2, 0.25) is 0 Å². The lowest BCUT2D eigenvalue weighted by Crippen LogP contribution is -2.31. The first-order valence-electron chi connectivity index (χ1n) is 10.2. The third-order valence-electron chi connectivity index (χ3n) is 5.51. The second-order valence-electron chi connectivity index (χ2n) is 7.56. The van der Waals surface area contributed by atoms with Crippen molar-refractivity contribution in [2.24, 2.45) is 0 Å². The van der Waals surface area contributed by atoms with Gasteiger partial charge in [0.25, 0.3) is 5.91 Å². The molecule has 0 radical (unpaired) electrons. The van der Waals surface area contributed by atoms with Crippen LogP contribution in [0.1, 0.15) is 40.4 Å². The van der Waals surface area contributed by atoms with Crippen LogP contribution in [0.25, 0.3) is 0 Å². The molecule has 1 aliphatic heterocycles. The van der Waals surface area contributed by atoms with Crippen LogP contribution in [0.5, 0.6) is 0 Å². The van der Waals surface area contributed by atoms with E-state index in [0.29, 0.717) is 24.4 Å². The second kappa shape index (κ2) is 9.05. The summed E-state index contributed by atoms with van der Waals surface area (Å²) in [4.78, 5) is 14.5. The van der Waals surface area contributed by atoms with E-state index in [1.54, 1.807) is 6.07 Å². The lowest BCUT2D eigenvalue weighted by molar-refractivity contribution is 0.0953. The molecule has 1 amide bonds. The van der Waals surface area contributed by atoms with Crippen molar-refractivity contribution in [3.05, 3.63) is 71.7 Å². The summed E-state index contributed by atoms with van der Waals surface area (Å²) in [5.74, 6) is 2.34. The van der Waals surface area contributed by atoms with Crippen LogP contribution in [0, 0.1) is 0 Å². The third kappa shape index (κ3) is 4.74. The van der Waals surface area contributed by atoms with Crippen molar-refractivity contribution in [2.75, 3.05) is 26.2 Å². The average molecular weight is 393 g/mol. The molecule has 7 nitrogen and oxygen atoms in total. The Hall–Kier alpha value is -2.93. The van der Waals surface area contributed by atoms with Crippen molar-refractivity contribution in [1.82, 2.24) is 25.0 Å². The van der Waals surface area contributed by atoms with Gasteiger partial charge in [-0.1, -0.05) is 37.3 Å². The van der Waals surface area contributed by atoms with Gasteiger partial charge in [0.15, 0.2) is 0 Å². The summed E-state index contributed by atoms with van der Waals surface area (Å²) < 4.78 is 7.17. The largest absolute Gasteiger partial charge is 0.472 e. The molecular weight excluding hydrogens is 366 g/mol. The molecule has 2 aromatic heterocycles. The topological polar surface area (TPSA) is 76.2 Å². The molecule has 1 atom stereocenters. The quantitative estimate of drug-likeness (QED) is 0.667. The predicted octanol–water partition coefficient (Wildman–Crippen LogP) is 2.51. The number of hydrogen-bond donors (Lipinski definition) is 1. The minimum absolute atomic E-state index is 0.129. The van der Waals surface area contributed by atoms with Crippen LogP contribution in [0.15, 0.2) is 53.3 Å². The van der Waals surface area contributed by atoms with Crippen LogP contribution in [-0.4, -0.2) is 51.8 Å². The van der Waals surface area contributed by atoms with E-state index < -0.39 is 0 Å². The number of carbonyl (C=O) groups excluding carboxylic acids is 1. The number of rotatable bonds is 7. The van der Waals surface area contributed by atoms with E-state index >= 15 is 0 Å². The number of hydrogen-bond acceptors (Lipinski definition) is 5. The molecule has 0 bridgehead atoms. The monoisotopic (exact) mass is 393 g/mol. The SMILES string of the molecule is C[C@@H](CN1CCc2nnc(CCNC(=O)c3ccoc3)n2CC1)c1ccccc1. The summed E-state index contributed by atoms with van der Waals surface area (Å²) in [5.41, 5.74) is 1.92. The van der Waals surface area contributed by atoms with Crippen LogP contribution >= 0.6 is 0 Å². The van der Waals surface area contributed by atoms with Crippen molar-refractivity contribution in [3.8, 4) is 0 Å². The van der Waals surface area contributed by atoms with E-state index in [9.17, 15) is 4.79 Å². The Labute approximate surface area is 170 Å². The molecule has 0 fully saturated rings. The third-order valence-corrected chi connectivity index (χ3v) is 5.51. The summed E-state index contributed by atoms with van der Waals surface area (Å²) in [5, 5.41) is 11.7. The van der Waals surface area contributed by atoms with E-state index in [-0.39, 0.29) is 5.91 Å². The predicted molar refractivity (Wildman–Crippen MR) is 110 cm³/mol. The molecule has 1 aliphatic rings. The van der Waals surface area contributed by atoms with Crippen molar-refractivity contribution in [1.29, 1.82) is 0 Å². The van der Waals surface area contributed by atoms with Gasteiger partial charge in [-0.25, -0.2) is 0 Å². The molecule has 3 heterocycles. The van der Waals surface area contributed by atoms with Crippen LogP contribution < -0.4 is 5.32 Å². The molecule has 152 valence electrons. The molecule has 7 heteroatoms. The van der Waals surface area contributed by atoms with Gasteiger partial charge in [0.05, 0.1) is 11.8 Å². The number of fused-ring (bicyclic) bond motifs is 1. The van der Waals surface area contributed by atoms with Gasteiger partial charge in [-0.15, -0.1) is 10.2 Å². The highest BCUT2D eigenvalue weighted by Gasteiger charge is 2.20. The maximum Gasteiger partial charge on any atom is 0.254 e. The minimum Gasteiger partial charge on any atom is -0.472 e. The molecule has 4 rings (SSSR count). The van der Waals surface area contributed by atoms with E-state index in [2.05, 4.69) is 62.2 Å². The average Bonchev–Trinajstić information content (AvgIpc) is 3.37. The molecule has 0 saturated heterocycles. The first-order valence-corrected chi connectivity index (χ1v) is 10.2. The Morgan fingerprint density at radius 2 is 2.03 bits per heavy atom. The Kier molecular flexibility index (Phi) is 6.05. The Bertz CT molecular complexity index is 920. The minimum atomic E-state index is -0.129. The maximum absolute atomic E-state index is 12.0. The summed E-state index contributed by atoms with van der Waals surface area (Å²) >= 11 is 0. The summed E-state index contributed by atoms with van der Waals surface area (Å²) in [6.45, 7) is 6.71. The van der Waals surface area contributed by atoms with Gasteiger partial charge in [0.1, 0.15) is 17.9 Å². The molecule has 0 aliphatic carbocycles. The van der Waals surface area contributed by atoms with Crippen LogP contribution in [0.3, 0.4) is 0 Å². The number of carbonyl (C=O) groups is 1. The van der Waals surface area contributed by atoms with Gasteiger partial charge in [0.2, 0.25) is 0 Å². The lowest BCUT2D eigenvalue weighted by Gasteiger charge is -2.24. The van der Waals surface area contributed by atoms with Gasteiger partial charge in [0, 0.05) is 45.6 Å². The van der Waals surface area contributed by atoms with E-state index in [4.69, 9.17) is 4.42 Å². The Morgan fingerprint density at radius 1 is 1.17 bits per heavy atom. The standard InChI is InChI=1S/C22H27N5O2/c1-17(18-5-3-2-4-6-18)15-26-11-8-21-25-24-20(27(21)13-12-26)7-10-23-22(28)19-9-14-29-16-19/h2-6,9,14,16-17H,7-8,10-13,15H2,1H3,(H,23,28)/t17-/m0/s1. The molecule has 0 saturated carbocycles. The zero-order valence-electron chi connectivity index (χ0n) is 16.8. The lowest BCUT2D eigenvalue weighted by atomic mass is 10.0. The van der Waals surface area contributed by atoms with Crippen molar-refractivity contribution >= 4 is 5.91 Å². The van der Waals surface area contributed by atoms with Gasteiger partial charge in [-0.2, -0.15) is 0 Å². The summed E-state index contributed by atoms with van der Waals surface area (Å²) in [6, 6.07) is 12.3. The van der Waals surface area contributed by atoms with Crippen LogP contribution in [0.4, 0.5) is 0 Å². The molecule has 29 heavy (non-hydrogen) atoms. The van der Waals surface area contributed by atoms with Gasteiger partial charge < -0.3 is 19.2 Å². The number of aromatic nitrogens is 3. The van der Waals surface area contributed by atoms with Gasteiger partial charge >= 0.3 is 0 Å². The Morgan fingerprint density at radius 3 is 2.83 bits per heavy atom. The zero-order chi connectivity index (χ0) is 20.1. The number of nitrogens with one attached hydrogen (secondary N) is 1. The van der Waals surface area contributed by atoms with Gasteiger partial charge in [-0.05, 0) is 17.5 Å². The molecule has 1 aromatic carbocycles. The summed E-state index contributed by atoms with van der Waals surface area (Å²) in [6.07, 6.45) is 4.51. The Balaban J connectivity index is 1.30. The zero-order valence-corrected chi connectivity index (χ0v) is 16.8. The molecule has 0 spiro atoms. The second-order valence-corrected chi connectivity index (χ2v) is 7.56. The van der Waals surface area contributed by atoms with E-state index in [1.807, 2.05) is 0 Å². The molecule has 1 N–H and O–H groups in total. The van der Waals surface area contributed by atoms with E-state index in [0.717, 1.165) is 44.2 Å². The highest BCUT2D eigenvalue weighted by molar-refractivity contribution is 5.93. The van der Waals surface area contributed by atoms with Crippen LogP contribution in [-0.2, 0) is 19.4 Å². The fourth-order valence-electron chi connectivity index (χ4n) is 3.85. The van der Waals surface area contributed by atoms with Crippen molar-refractivity contribution in [3.63, 3.8) is 0 Å².